The van der Waals surface area contributed by atoms with E-state index in [2.05, 4.69) is 17.9 Å². The largest absolute Gasteiger partial charge is 0.480 e. The first-order chi connectivity index (χ1) is 7.31. The fourth-order valence-electron chi connectivity index (χ4n) is 0.581. The molecule has 0 amide bonds. The lowest BCUT2D eigenvalue weighted by molar-refractivity contribution is -0.138. The summed E-state index contributed by atoms with van der Waals surface area (Å²) in [7, 11) is 0. The number of halogens is 5. The molecule has 0 heterocycles. The van der Waals surface area contributed by atoms with Crippen LogP contribution in [0.2, 0.25) is 0 Å². The summed E-state index contributed by atoms with van der Waals surface area (Å²) >= 11 is 31.6. The van der Waals surface area contributed by atoms with Crippen LogP contribution < -0.4 is 5.32 Å². The number of carboxylic acid groups (broad SMARTS) is 1. The van der Waals surface area contributed by atoms with Crippen LogP contribution in [-0.4, -0.2) is 22.9 Å². The van der Waals surface area contributed by atoms with Crippen LogP contribution in [0, 0.1) is 0 Å². The summed E-state index contributed by atoms with van der Waals surface area (Å²) in [6, 6.07) is -0.997. The molecule has 0 aromatic heterocycles. The van der Waals surface area contributed by atoms with E-state index in [9.17, 15) is 4.79 Å². The highest BCUT2D eigenvalue weighted by molar-refractivity contribution is 7.80. The Bertz CT molecular complexity index is 340. The molecule has 0 spiro atoms. The van der Waals surface area contributed by atoms with Crippen molar-refractivity contribution in [2.75, 3.05) is 5.75 Å². The number of hydrogen-bond acceptors (Lipinski definition) is 3. The summed E-state index contributed by atoms with van der Waals surface area (Å²) in [6.07, 6.45) is 0. The second kappa shape index (κ2) is 7.80. The molecule has 2 N–H and O–H groups in total. The van der Waals surface area contributed by atoms with Crippen molar-refractivity contribution in [1.82, 2.24) is 5.32 Å². The topological polar surface area (TPSA) is 49.3 Å². The molecule has 3 nitrogen and oxygen atoms in total. The summed E-state index contributed by atoms with van der Waals surface area (Å²) in [6.45, 7) is 0. The Morgan fingerprint density at radius 3 is 2.00 bits per heavy atom. The Kier molecular flexibility index (Phi) is 8.06. The third-order valence-electron chi connectivity index (χ3n) is 1.33. The van der Waals surface area contributed by atoms with E-state index in [1.807, 2.05) is 0 Å². The van der Waals surface area contributed by atoms with Crippen molar-refractivity contribution >= 4 is 76.6 Å². The Hall–Kier alpha value is 0.550. The Morgan fingerprint density at radius 1 is 1.19 bits per heavy atom. The van der Waals surface area contributed by atoms with Gasteiger partial charge in [0.2, 0.25) is 0 Å². The van der Waals surface area contributed by atoms with Crippen LogP contribution in [0.3, 0.4) is 0 Å². The quantitative estimate of drug-likeness (QED) is 0.406. The monoisotopic (exact) mass is 343 g/mol. The lowest BCUT2D eigenvalue weighted by Gasteiger charge is -2.13. The fourth-order valence-corrected chi connectivity index (χ4v) is 1.63. The average Bonchev–Trinajstić information content (AvgIpc) is 2.22. The van der Waals surface area contributed by atoms with Gasteiger partial charge in [-0.25, -0.2) is 4.79 Å². The minimum atomic E-state index is -1.13. The summed E-state index contributed by atoms with van der Waals surface area (Å²) < 4.78 is -0.274. The number of allylic oxidation sites excluding steroid dienone is 2. The minimum absolute atomic E-state index is 0.0195. The number of rotatable bonds is 5. The van der Waals surface area contributed by atoms with Gasteiger partial charge in [-0.2, -0.15) is 12.6 Å². The molecule has 0 aliphatic carbocycles. The highest BCUT2D eigenvalue weighted by Crippen LogP contribution is 2.30. The van der Waals surface area contributed by atoms with Crippen LogP contribution in [0.25, 0.3) is 0 Å². The SMILES string of the molecule is O=C(O)[C@H](CS)N/C(Cl)=C(\Cl)C(Cl)=C(Cl)Cl. The first-order valence-electron chi connectivity index (χ1n) is 3.67. The number of nitrogens with one attached hydrogen (secondary N) is 1. The molecular formula is C7H6Cl5NO2S. The van der Waals surface area contributed by atoms with Gasteiger partial charge in [0.05, 0.1) is 10.1 Å². The highest BCUT2D eigenvalue weighted by atomic mass is 35.5. The molecule has 16 heavy (non-hydrogen) atoms. The van der Waals surface area contributed by atoms with Crippen molar-refractivity contribution in [3.8, 4) is 0 Å². The molecule has 0 aliphatic rings. The van der Waals surface area contributed by atoms with Crippen molar-refractivity contribution in [3.63, 3.8) is 0 Å². The Morgan fingerprint density at radius 2 is 1.69 bits per heavy atom. The van der Waals surface area contributed by atoms with Crippen molar-refractivity contribution in [3.05, 3.63) is 19.7 Å². The molecule has 0 saturated carbocycles. The van der Waals surface area contributed by atoms with E-state index in [4.69, 9.17) is 63.1 Å². The number of carbonyl (C=O) groups is 1. The van der Waals surface area contributed by atoms with E-state index >= 15 is 0 Å². The summed E-state index contributed by atoms with van der Waals surface area (Å²) in [5, 5.41) is 10.6. The molecule has 0 aromatic carbocycles. The van der Waals surface area contributed by atoms with Crippen LogP contribution in [0.1, 0.15) is 0 Å². The number of thiol groups is 1. The average molecular weight is 345 g/mol. The zero-order chi connectivity index (χ0) is 12.9. The maximum absolute atomic E-state index is 10.7. The van der Waals surface area contributed by atoms with E-state index in [0.29, 0.717) is 0 Å². The third-order valence-corrected chi connectivity index (χ3v) is 3.52. The van der Waals surface area contributed by atoms with Crippen molar-refractivity contribution in [1.29, 1.82) is 0 Å². The second-order valence-electron chi connectivity index (χ2n) is 2.42. The van der Waals surface area contributed by atoms with Gasteiger partial charge in [-0.15, -0.1) is 0 Å². The van der Waals surface area contributed by atoms with Crippen LogP contribution in [0.4, 0.5) is 0 Å². The molecule has 0 aromatic rings. The van der Waals surface area contributed by atoms with Gasteiger partial charge >= 0.3 is 5.97 Å². The summed E-state index contributed by atoms with van der Waals surface area (Å²) in [5.41, 5.74) is 0. The first-order valence-corrected chi connectivity index (χ1v) is 6.20. The van der Waals surface area contributed by atoms with Gasteiger partial charge < -0.3 is 10.4 Å². The van der Waals surface area contributed by atoms with Crippen LogP contribution in [0.5, 0.6) is 0 Å². The summed E-state index contributed by atoms with van der Waals surface area (Å²) in [4.78, 5) is 10.7. The highest BCUT2D eigenvalue weighted by Gasteiger charge is 2.18. The van der Waals surface area contributed by atoms with Crippen molar-refractivity contribution in [2.24, 2.45) is 0 Å². The lowest BCUT2D eigenvalue weighted by atomic mass is 10.3. The molecule has 0 bridgehead atoms. The molecular weight excluding hydrogens is 339 g/mol. The van der Waals surface area contributed by atoms with Crippen molar-refractivity contribution < 1.29 is 9.90 Å². The van der Waals surface area contributed by atoms with Gasteiger partial charge in [-0.05, 0) is 0 Å². The third kappa shape index (κ3) is 5.25. The standard InChI is InChI=1S/C7H6Cl5NO2S/c8-3(5(10)11)4(9)6(12)13-2(1-16)7(14)15/h2,13,16H,1H2,(H,14,15)/b6-4-/t2-/m0/s1. The van der Waals surface area contributed by atoms with E-state index in [1.165, 1.54) is 0 Å². The van der Waals surface area contributed by atoms with Gasteiger partial charge in [0, 0.05) is 5.75 Å². The van der Waals surface area contributed by atoms with E-state index < -0.39 is 12.0 Å². The van der Waals surface area contributed by atoms with Gasteiger partial charge in [0.15, 0.2) is 0 Å². The lowest BCUT2D eigenvalue weighted by Crippen LogP contribution is -2.36. The predicted octanol–water partition coefficient (Wildman–Crippen LogP) is 3.49. The van der Waals surface area contributed by atoms with E-state index in [0.717, 1.165) is 0 Å². The first kappa shape index (κ1) is 16.6. The van der Waals surface area contributed by atoms with Crippen LogP contribution in [0.15, 0.2) is 19.7 Å². The van der Waals surface area contributed by atoms with Gasteiger partial charge in [-0.1, -0.05) is 58.0 Å². The number of hydrogen-bond donors (Lipinski definition) is 3. The second-order valence-corrected chi connectivity index (χ2v) is 4.87. The van der Waals surface area contributed by atoms with E-state index in [-0.39, 0.29) is 25.5 Å². The maximum Gasteiger partial charge on any atom is 0.327 e. The number of aliphatic carboxylic acids is 1. The maximum atomic E-state index is 10.7. The van der Waals surface area contributed by atoms with Gasteiger partial charge in [0.1, 0.15) is 15.7 Å². The fraction of sp³-hybridized carbons (Fsp3) is 0.286. The predicted molar refractivity (Wildman–Crippen MR) is 71.7 cm³/mol. The smallest absolute Gasteiger partial charge is 0.327 e. The zero-order valence-electron chi connectivity index (χ0n) is 7.48. The summed E-state index contributed by atoms with van der Waals surface area (Å²) in [5.74, 6) is -1.11. The molecule has 0 saturated heterocycles. The molecule has 0 aliphatic heterocycles. The molecule has 0 fully saturated rings. The zero-order valence-corrected chi connectivity index (χ0v) is 12.2. The van der Waals surface area contributed by atoms with Crippen LogP contribution in [-0.2, 0) is 4.79 Å². The Labute approximate surface area is 123 Å². The molecule has 92 valence electrons. The molecule has 0 rings (SSSR count). The normalized spacial score (nSPS) is 13.9. The molecule has 9 heteroatoms. The Balaban J connectivity index is 4.92. The van der Waals surface area contributed by atoms with Gasteiger partial charge in [-0.3, -0.25) is 0 Å². The van der Waals surface area contributed by atoms with Crippen molar-refractivity contribution in [2.45, 2.75) is 6.04 Å². The van der Waals surface area contributed by atoms with E-state index in [1.54, 1.807) is 0 Å². The number of carboxylic acids is 1. The van der Waals surface area contributed by atoms with Crippen LogP contribution >= 0.6 is 70.6 Å². The van der Waals surface area contributed by atoms with Gasteiger partial charge in [0.25, 0.3) is 0 Å². The molecule has 0 unspecified atom stereocenters. The molecule has 1 atom stereocenters. The molecule has 0 radical (unpaired) electrons. The minimum Gasteiger partial charge on any atom is -0.480 e.